The van der Waals surface area contributed by atoms with Crippen molar-refractivity contribution in [2.45, 2.75) is 37.6 Å². The molecule has 1 saturated heterocycles. The third-order valence-electron chi connectivity index (χ3n) is 2.84. The van der Waals surface area contributed by atoms with Crippen LogP contribution in [0.25, 0.3) is 0 Å². The van der Waals surface area contributed by atoms with Gasteiger partial charge in [-0.2, -0.15) is 0 Å². The molecule has 1 fully saturated rings. The Labute approximate surface area is 95.9 Å². The van der Waals surface area contributed by atoms with Crippen molar-refractivity contribution in [2.75, 3.05) is 33.9 Å². The first-order valence-electron chi connectivity index (χ1n) is 5.88. The van der Waals surface area contributed by atoms with Gasteiger partial charge in [0.2, 0.25) is 0 Å². The van der Waals surface area contributed by atoms with Crippen LogP contribution >= 0.6 is 0 Å². The molecule has 0 aromatic heterocycles. The van der Waals surface area contributed by atoms with Crippen LogP contribution in [-0.4, -0.2) is 54.2 Å². The molecule has 0 aliphatic carbocycles. The largest absolute Gasteiger partial charge is 0.360 e. The second kappa shape index (κ2) is 8.27. The molecule has 0 bridgehead atoms. The summed E-state index contributed by atoms with van der Waals surface area (Å²) in [5, 5.41) is 0. The average molecular weight is 229 g/mol. The highest BCUT2D eigenvalue weighted by molar-refractivity contribution is 6.36. The number of piperidine rings is 1. The van der Waals surface area contributed by atoms with Gasteiger partial charge in [0.05, 0.1) is 0 Å². The smallest absolute Gasteiger partial charge is 0.136 e. The summed E-state index contributed by atoms with van der Waals surface area (Å²) < 4.78 is 10.3. The molecular weight excluding hydrogens is 206 g/mol. The fraction of sp³-hybridized carbons (Fsp3) is 1.00. The van der Waals surface area contributed by atoms with Gasteiger partial charge in [0.1, 0.15) is 15.4 Å². The summed E-state index contributed by atoms with van der Waals surface area (Å²) in [5.74, 6) is 0.0198. The van der Waals surface area contributed by atoms with Crippen molar-refractivity contribution in [1.29, 1.82) is 0 Å². The van der Waals surface area contributed by atoms with Gasteiger partial charge in [-0.05, 0) is 38.9 Å². The Morgan fingerprint density at radius 2 is 1.80 bits per heavy atom. The van der Waals surface area contributed by atoms with E-state index in [0.29, 0.717) is 0 Å². The van der Waals surface area contributed by atoms with E-state index in [2.05, 4.69) is 4.90 Å². The molecular formula is C11H23NO2Si. The Morgan fingerprint density at radius 3 is 2.40 bits per heavy atom. The molecule has 0 aromatic rings. The molecule has 1 aliphatic heterocycles. The van der Waals surface area contributed by atoms with Gasteiger partial charge in [0, 0.05) is 14.2 Å². The van der Waals surface area contributed by atoms with E-state index in [1.807, 2.05) is 0 Å². The van der Waals surface area contributed by atoms with E-state index >= 15 is 0 Å². The van der Waals surface area contributed by atoms with Crippen LogP contribution in [0.5, 0.6) is 0 Å². The van der Waals surface area contributed by atoms with Crippen molar-refractivity contribution in [3.63, 3.8) is 0 Å². The zero-order valence-corrected chi connectivity index (χ0v) is 11.0. The van der Waals surface area contributed by atoms with Crippen LogP contribution in [0.1, 0.15) is 25.7 Å². The number of nitrogens with zero attached hydrogens (tertiary/aromatic N) is 1. The maximum absolute atomic E-state index is 5.17. The normalized spacial score (nSPS) is 18.6. The Balaban J connectivity index is 1.95. The number of likely N-dealkylation sites (tertiary alicyclic amines) is 1. The van der Waals surface area contributed by atoms with Crippen LogP contribution in [0, 0.1) is 0 Å². The Kier molecular flexibility index (Phi) is 7.26. The predicted molar refractivity (Wildman–Crippen MR) is 63.3 cm³/mol. The average Bonchev–Trinajstić information content (AvgIpc) is 2.31. The zero-order chi connectivity index (χ0) is 10.9. The van der Waals surface area contributed by atoms with Gasteiger partial charge in [-0.3, -0.25) is 0 Å². The molecule has 0 aromatic carbocycles. The molecule has 4 heteroatoms. The van der Waals surface area contributed by atoms with Crippen molar-refractivity contribution in [2.24, 2.45) is 0 Å². The molecule has 1 heterocycles. The van der Waals surface area contributed by atoms with Crippen molar-refractivity contribution >= 4 is 9.52 Å². The summed E-state index contributed by atoms with van der Waals surface area (Å²) in [5.41, 5.74) is 0. The minimum Gasteiger partial charge on any atom is -0.360 e. The minimum absolute atomic E-state index is 0.0198. The monoisotopic (exact) mass is 229 g/mol. The van der Waals surface area contributed by atoms with Gasteiger partial charge in [-0.1, -0.05) is 12.5 Å². The third kappa shape index (κ3) is 5.66. The molecule has 1 rings (SSSR count). The van der Waals surface area contributed by atoms with Crippen LogP contribution in [-0.2, 0) is 9.47 Å². The fourth-order valence-electron chi connectivity index (χ4n) is 1.97. The summed E-state index contributed by atoms with van der Waals surface area (Å²) in [6.07, 6.45) is 5.48. The van der Waals surface area contributed by atoms with Crippen molar-refractivity contribution < 1.29 is 9.47 Å². The third-order valence-corrected chi connectivity index (χ3v) is 4.29. The predicted octanol–water partition coefficient (Wildman–Crippen LogP) is 1.56. The summed E-state index contributed by atoms with van der Waals surface area (Å²) in [7, 11) is 4.20. The molecule has 3 nitrogen and oxygen atoms in total. The van der Waals surface area contributed by atoms with Crippen molar-refractivity contribution in [3.05, 3.63) is 0 Å². The van der Waals surface area contributed by atoms with Gasteiger partial charge < -0.3 is 14.4 Å². The molecule has 2 radical (unpaired) electrons. The van der Waals surface area contributed by atoms with Crippen LogP contribution in [0.15, 0.2) is 0 Å². The first-order valence-corrected chi connectivity index (χ1v) is 7.16. The molecule has 0 amide bonds. The summed E-state index contributed by atoms with van der Waals surface area (Å²) in [4.78, 5) is 2.59. The van der Waals surface area contributed by atoms with Crippen molar-refractivity contribution in [3.8, 4) is 0 Å². The lowest BCUT2D eigenvalue weighted by Crippen LogP contribution is -2.31. The Bertz CT molecular complexity index is 148. The van der Waals surface area contributed by atoms with E-state index in [1.54, 1.807) is 14.2 Å². The van der Waals surface area contributed by atoms with E-state index in [1.165, 1.54) is 51.4 Å². The standard InChI is InChI=1S/C11H23NO2Si/c1-13-11(14-2)15-10-6-9-12-7-4-3-5-8-12/h11H,3-10H2,1-2H3. The number of hydrogen-bond acceptors (Lipinski definition) is 3. The zero-order valence-electron chi connectivity index (χ0n) is 10.00. The highest BCUT2D eigenvalue weighted by atomic mass is 28.2. The van der Waals surface area contributed by atoms with Crippen LogP contribution in [0.3, 0.4) is 0 Å². The van der Waals surface area contributed by atoms with E-state index in [9.17, 15) is 0 Å². The van der Waals surface area contributed by atoms with Gasteiger partial charge in [-0.15, -0.1) is 0 Å². The molecule has 0 N–H and O–H groups in total. The Hall–Kier alpha value is 0.0969. The molecule has 88 valence electrons. The number of rotatable bonds is 7. The number of ether oxygens (including phenoxy) is 2. The molecule has 15 heavy (non-hydrogen) atoms. The van der Waals surface area contributed by atoms with Crippen LogP contribution < -0.4 is 0 Å². The second-order valence-corrected chi connectivity index (χ2v) is 5.39. The lowest BCUT2D eigenvalue weighted by atomic mass is 10.1. The van der Waals surface area contributed by atoms with Crippen molar-refractivity contribution in [1.82, 2.24) is 4.90 Å². The SMILES string of the molecule is COC(OC)[Si]CCCN1CCCCC1. The first-order chi connectivity index (χ1) is 7.36. The molecule has 0 unspecified atom stereocenters. The molecule has 0 atom stereocenters. The number of hydrogen-bond donors (Lipinski definition) is 0. The lowest BCUT2D eigenvalue weighted by molar-refractivity contribution is -0.0441. The van der Waals surface area contributed by atoms with E-state index in [0.717, 1.165) is 9.52 Å². The van der Waals surface area contributed by atoms with Gasteiger partial charge in [0.25, 0.3) is 0 Å². The second-order valence-electron chi connectivity index (χ2n) is 4.01. The summed E-state index contributed by atoms with van der Waals surface area (Å²) in [6, 6.07) is 1.23. The van der Waals surface area contributed by atoms with Gasteiger partial charge >= 0.3 is 0 Å². The maximum atomic E-state index is 5.17. The highest BCUT2D eigenvalue weighted by Gasteiger charge is 2.10. The minimum atomic E-state index is 0.0198. The van der Waals surface area contributed by atoms with Crippen LogP contribution in [0.2, 0.25) is 6.04 Å². The quantitative estimate of drug-likeness (QED) is 0.376. The maximum Gasteiger partial charge on any atom is 0.136 e. The highest BCUT2D eigenvalue weighted by Crippen LogP contribution is 2.09. The summed E-state index contributed by atoms with van der Waals surface area (Å²) in [6.45, 7) is 3.87. The number of methoxy groups -OCH3 is 2. The van der Waals surface area contributed by atoms with Gasteiger partial charge in [0.15, 0.2) is 0 Å². The van der Waals surface area contributed by atoms with Crippen LogP contribution in [0.4, 0.5) is 0 Å². The van der Waals surface area contributed by atoms with E-state index in [4.69, 9.17) is 9.47 Å². The topological polar surface area (TPSA) is 21.7 Å². The molecule has 0 saturated carbocycles. The Morgan fingerprint density at radius 1 is 1.13 bits per heavy atom. The lowest BCUT2D eigenvalue weighted by Gasteiger charge is -2.26. The first kappa shape index (κ1) is 13.2. The molecule has 0 spiro atoms. The van der Waals surface area contributed by atoms with E-state index in [-0.39, 0.29) is 5.91 Å². The van der Waals surface area contributed by atoms with E-state index < -0.39 is 0 Å². The van der Waals surface area contributed by atoms with Gasteiger partial charge in [-0.25, -0.2) is 0 Å². The fourth-order valence-corrected chi connectivity index (χ4v) is 2.90. The molecule has 1 aliphatic rings. The summed E-state index contributed by atoms with van der Waals surface area (Å²) >= 11 is 0.